The van der Waals surface area contributed by atoms with Gasteiger partial charge in [0.15, 0.2) is 0 Å². The van der Waals surface area contributed by atoms with Crippen LogP contribution in [0, 0.1) is 5.92 Å². The van der Waals surface area contributed by atoms with Gasteiger partial charge in [0.05, 0.1) is 12.7 Å². The minimum absolute atomic E-state index is 0.241. The van der Waals surface area contributed by atoms with Crippen LogP contribution >= 0.6 is 11.6 Å². The van der Waals surface area contributed by atoms with Gasteiger partial charge in [-0.25, -0.2) is 0 Å². The van der Waals surface area contributed by atoms with Gasteiger partial charge in [-0.2, -0.15) is 0 Å². The zero-order valence-electron chi connectivity index (χ0n) is 11.7. The second kappa shape index (κ2) is 9.00. The maximum atomic E-state index is 9.79. The molecule has 2 unspecified atom stereocenters. The third-order valence-electron chi connectivity index (χ3n) is 3.12. The lowest BCUT2D eigenvalue weighted by atomic mass is 9.97. The largest absolute Gasteiger partial charge is 0.493 e. The smallest absolute Gasteiger partial charge is 0.120 e. The molecule has 0 aromatic heterocycles. The van der Waals surface area contributed by atoms with Gasteiger partial charge in [-0.15, -0.1) is 0 Å². The molecule has 3 heteroatoms. The van der Waals surface area contributed by atoms with Gasteiger partial charge < -0.3 is 9.84 Å². The lowest BCUT2D eigenvalue weighted by molar-refractivity contribution is 0.124. The minimum atomic E-state index is -0.241. The molecule has 0 amide bonds. The van der Waals surface area contributed by atoms with Crippen molar-refractivity contribution in [2.24, 2.45) is 5.92 Å². The van der Waals surface area contributed by atoms with Crippen molar-refractivity contribution in [1.82, 2.24) is 0 Å². The van der Waals surface area contributed by atoms with Crippen molar-refractivity contribution in [2.45, 2.75) is 39.2 Å². The van der Waals surface area contributed by atoms with E-state index in [1.165, 1.54) is 0 Å². The molecule has 1 aromatic carbocycles. The number of hydrogen-bond acceptors (Lipinski definition) is 2. The van der Waals surface area contributed by atoms with E-state index in [2.05, 4.69) is 19.1 Å². The summed E-state index contributed by atoms with van der Waals surface area (Å²) in [7, 11) is 0. The zero-order valence-corrected chi connectivity index (χ0v) is 12.4. The van der Waals surface area contributed by atoms with Gasteiger partial charge in [-0.05, 0) is 37.5 Å². The molecule has 1 aromatic rings. The Morgan fingerprint density at radius 2 is 2.11 bits per heavy atom. The first-order valence-corrected chi connectivity index (χ1v) is 7.28. The third-order valence-corrected chi connectivity index (χ3v) is 3.35. The summed E-state index contributed by atoms with van der Waals surface area (Å²) in [5.74, 6) is 1.04. The number of ether oxygens (including phenoxy) is 1. The molecule has 0 saturated carbocycles. The van der Waals surface area contributed by atoms with Crippen LogP contribution in [0.1, 0.15) is 33.1 Å². The van der Waals surface area contributed by atoms with Gasteiger partial charge in [0, 0.05) is 10.9 Å². The average molecular weight is 283 g/mol. The summed E-state index contributed by atoms with van der Waals surface area (Å²) in [6.07, 6.45) is 6.52. The van der Waals surface area contributed by atoms with E-state index in [1.807, 2.05) is 25.1 Å². The Labute approximate surface area is 121 Å². The van der Waals surface area contributed by atoms with E-state index >= 15 is 0 Å². The first kappa shape index (κ1) is 16.1. The van der Waals surface area contributed by atoms with Crippen molar-refractivity contribution in [3.63, 3.8) is 0 Å². The molecule has 0 aliphatic carbocycles. The number of rotatable bonds is 8. The Morgan fingerprint density at radius 1 is 1.32 bits per heavy atom. The molecule has 0 aliphatic rings. The van der Waals surface area contributed by atoms with E-state index in [0.29, 0.717) is 11.6 Å². The van der Waals surface area contributed by atoms with Crippen LogP contribution < -0.4 is 4.74 Å². The SMILES string of the molecule is CCC(O)C(/C=C/CCOc1cccc(Cl)c1)CC. The number of halogens is 1. The number of aliphatic hydroxyl groups excluding tert-OH is 1. The lowest BCUT2D eigenvalue weighted by Crippen LogP contribution is -2.16. The number of hydrogen-bond donors (Lipinski definition) is 1. The van der Waals surface area contributed by atoms with Crippen molar-refractivity contribution in [3.8, 4) is 5.75 Å². The van der Waals surface area contributed by atoms with E-state index in [9.17, 15) is 5.11 Å². The fraction of sp³-hybridized carbons (Fsp3) is 0.500. The molecule has 0 bridgehead atoms. The van der Waals surface area contributed by atoms with Gasteiger partial charge in [-0.1, -0.05) is 43.7 Å². The predicted molar refractivity (Wildman–Crippen MR) is 80.8 cm³/mol. The van der Waals surface area contributed by atoms with Crippen LogP contribution in [0.4, 0.5) is 0 Å². The van der Waals surface area contributed by atoms with Crippen LogP contribution in [0.25, 0.3) is 0 Å². The quantitative estimate of drug-likeness (QED) is 0.563. The fourth-order valence-electron chi connectivity index (χ4n) is 1.91. The first-order valence-electron chi connectivity index (χ1n) is 6.90. The van der Waals surface area contributed by atoms with Crippen LogP contribution in [-0.4, -0.2) is 17.8 Å². The highest BCUT2D eigenvalue weighted by Crippen LogP contribution is 2.17. The van der Waals surface area contributed by atoms with E-state index in [0.717, 1.165) is 25.0 Å². The molecule has 1 N–H and O–H groups in total. The normalized spacial score (nSPS) is 14.5. The minimum Gasteiger partial charge on any atom is -0.493 e. The van der Waals surface area contributed by atoms with Crippen molar-refractivity contribution < 1.29 is 9.84 Å². The lowest BCUT2D eigenvalue weighted by Gasteiger charge is -2.16. The van der Waals surface area contributed by atoms with Gasteiger partial charge >= 0.3 is 0 Å². The zero-order chi connectivity index (χ0) is 14.1. The topological polar surface area (TPSA) is 29.5 Å². The van der Waals surface area contributed by atoms with Gasteiger partial charge in [-0.3, -0.25) is 0 Å². The van der Waals surface area contributed by atoms with Crippen LogP contribution in [0.2, 0.25) is 5.02 Å². The van der Waals surface area contributed by atoms with E-state index < -0.39 is 0 Å². The Kier molecular flexibility index (Phi) is 7.61. The Bertz CT molecular complexity index is 390. The Hall–Kier alpha value is -0.990. The molecule has 19 heavy (non-hydrogen) atoms. The second-order valence-electron chi connectivity index (χ2n) is 4.57. The Morgan fingerprint density at radius 3 is 2.74 bits per heavy atom. The molecule has 2 atom stereocenters. The Balaban J connectivity index is 2.30. The highest BCUT2D eigenvalue weighted by atomic mass is 35.5. The van der Waals surface area contributed by atoms with Crippen molar-refractivity contribution in [1.29, 1.82) is 0 Å². The summed E-state index contributed by atoms with van der Waals surface area (Å²) in [5, 5.41) is 10.5. The standard InChI is InChI=1S/C16H23ClO2/c1-3-13(16(18)4-2)8-5-6-11-19-15-10-7-9-14(17)12-15/h5,7-10,12-13,16,18H,3-4,6,11H2,1-2H3/b8-5+. The molecule has 0 radical (unpaired) electrons. The summed E-state index contributed by atoms with van der Waals surface area (Å²) in [6, 6.07) is 7.40. The fourth-order valence-corrected chi connectivity index (χ4v) is 2.09. The molecule has 0 spiro atoms. The van der Waals surface area contributed by atoms with E-state index in [1.54, 1.807) is 6.07 Å². The van der Waals surface area contributed by atoms with Crippen molar-refractivity contribution in [2.75, 3.05) is 6.61 Å². The maximum absolute atomic E-state index is 9.79. The van der Waals surface area contributed by atoms with Crippen molar-refractivity contribution in [3.05, 3.63) is 41.4 Å². The number of aliphatic hydroxyl groups is 1. The average Bonchev–Trinajstić information content (AvgIpc) is 2.42. The molecule has 0 saturated heterocycles. The summed E-state index contributed by atoms with van der Waals surface area (Å²) in [4.78, 5) is 0. The molecule has 1 rings (SSSR count). The van der Waals surface area contributed by atoms with Crippen LogP contribution in [0.5, 0.6) is 5.75 Å². The molecular weight excluding hydrogens is 260 g/mol. The van der Waals surface area contributed by atoms with Crippen LogP contribution in [0.3, 0.4) is 0 Å². The monoisotopic (exact) mass is 282 g/mol. The highest BCUT2D eigenvalue weighted by molar-refractivity contribution is 6.30. The van der Waals surface area contributed by atoms with Crippen molar-refractivity contribution >= 4 is 11.6 Å². The van der Waals surface area contributed by atoms with Crippen LogP contribution in [0.15, 0.2) is 36.4 Å². The third kappa shape index (κ3) is 6.13. The first-order chi connectivity index (χ1) is 9.17. The summed E-state index contributed by atoms with van der Waals surface area (Å²) >= 11 is 5.87. The van der Waals surface area contributed by atoms with Gasteiger partial charge in [0.1, 0.15) is 5.75 Å². The molecule has 0 aliphatic heterocycles. The molecule has 2 nitrogen and oxygen atoms in total. The molecule has 0 heterocycles. The molecular formula is C16H23ClO2. The van der Waals surface area contributed by atoms with E-state index in [-0.39, 0.29) is 12.0 Å². The summed E-state index contributed by atoms with van der Waals surface area (Å²) in [6.45, 7) is 4.72. The maximum Gasteiger partial charge on any atom is 0.120 e. The predicted octanol–water partition coefficient (Wildman–Crippen LogP) is 4.46. The molecule has 106 valence electrons. The van der Waals surface area contributed by atoms with E-state index in [4.69, 9.17) is 16.3 Å². The summed E-state index contributed by atoms with van der Waals surface area (Å²) < 4.78 is 5.59. The number of benzene rings is 1. The second-order valence-corrected chi connectivity index (χ2v) is 5.01. The van der Waals surface area contributed by atoms with Gasteiger partial charge in [0.2, 0.25) is 0 Å². The summed E-state index contributed by atoms with van der Waals surface area (Å²) in [5.41, 5.74) is 0. The van der Waals surface area contributed by atoms with Gasteiger partial charge in [0.25, 0.3) is 0 Å². The highest BCUT2D eigenvalue weighted by Gasteiger charge is 2.11. The van der Waals surface area contributed by atoms with Crippen LogP contribution in [-0.2, 0) is 0 Å². The molecule has 0 fully saturated rings.